The highest BCUT2D eigenvalue weighted by Gasteiger charge is 2.32. The SMILES string of the molecule is CN(C)S(=O)(=O)N1CCOC(c2cc(CCOc3cccc(F)c3)n(C)n2)C1. The Bertz CT molecular complexity index is 916. The van der Waals surface area contributed by atoms with E-state index in [1.165, 1.54) is 34.8 Å². The highest BCUT2D eigenvalue weighted by molar-refractivity contribution is 7.86. The van der Waals surface area contributed by atoms with Crippen LogP contribution in [0.25, 0.3) is 0 Å². The van der Waals surface area contributed by atoms with Crippen molar-refractivity contribution in [3.8, 4) is 5.75 Å². The molecule has 0 radical (unpaired) electrons. The second kappa shape index (κ2) is 8.56. The quantitative estimate of drug-likeness (QED) is 0.686. The minimum atomic E-state index is -3.49. The minimum Gasteiger partial charge on any atom is -0.493 e. The van der Waals surface area contributed by atoms with Crippen molar-refractivity contribution < 1.29 is 22.3 Å². The Kier molecular flexibility index (Phi) is 6.33. The van der Waals surface area contributed by atoms with E-state index < -0.39 is 16.3 Å². The summed E-state index contributed by atoms with van der Waals surface area (Å²) in [6.45, 7) is 1.22. The van der Waals surface area contributed by atoms with Crippen LogP contribution in [0.1, 0.15) is 17.5 Å². The van der Waals surface area contributed by atoms with Crippen molar-refractivity contribution in [2.24, 2.45) is 7.05 Å². The molecule has 1 aliphatic rings. The molecule has 1 aliphatic heterocycles. The van der Waals surface area contributed by atoms with Crippen molar-refractivity contribution >= 4 is 10.2 Å². The molecule has 28 heavy (non-hydrogen) atoms. The number of rotatable bonds is 7. The van der Waals surface area contributed by atoms with Crippen molar-refractivity contribution in [1.29, 1.82) is 0 Å². The highest BCUT2D eigenvalue weighted by Crippen LogP contribution is 2.24. The van der Waals surface area contributed by atoms with E-state index >= 15 is 0 Å². The number of halogens is 1. The molecule has 1 saturated heterocycles. The molecular formula is C18H25FN4O4S. The molecule has 10 heteroatoms. The Balaban J connectivity index is 1.63. The summed E-state index contributed by atoms with van der Waals surface area (Å²) in [4.78, 5) is 0. The first-order valence-electron chi connectivity index (χ1n) is 8.98. The van der Waals surface area contributed by atoms with E-state index in [-0.39, 0.29) is 12.4 Å². The molecule has 1 aromatic heterocycles. The topological polar surface area (TPSA) is 76.9 Å². The summed E-state index contributed by atoms with van der Waals surface area (Å²) in [5, 5.41) is 4.48. The molecule has 0 bridgehead atoms. The van der Waals surface area contributed by atoms with Gasteiger partial charge in [-0.25, -0.2) is 4.39 Å². The second-order valence-corrected chi connectivity index (χ2v) is 8.89. The van der Waals surface area contributed by atoms with E-state index in [2.05, 4.69) is 5.10 Å². The lowest BCUT2D eigenvalue weighted by molar-refractivity contribution is -0.00649. The minimum absolute atomic E-state index is 0.219. The van der Waals surface area contributed by atoms with Gasteiger partial charge in [-0.15, -0.1) is 0 Å². The highest BCUT2D eigenvalue weighted by atomic mass is 32.2. The lowest BCUT2D eigenvalue weighted by Crippen LogP contribution is -2.47. The normalized spacial score (nSPS) is 18.5. The lowest BCUT2D eigenvalue weighted by atomic mass is 10.2. The third kappa shape index (κ3) is 4.69. The molecular weight excluding hydrogens is 387 g/mol. The molecule has 3 rings (SSSR count). The van der Waals surface area contributed by atoms with E-state index in [1.807, 2.05) is 13.1 Å². The average molecular weight is 412 g/mol. The zero-order valence-corrected chi connectivity index (χ0v) is 17.0. The molecule has 0 saturated carbocycles. The molecule has 1 fully saturated rings. The van der Waals surface area contributed by atoms with Crippen molar-refractivity contribution in [2.45, 2.75) is 12.5 Å². The second-order valence-electron chi connectivity index (χ2n) is 6.75. The summed E-state index contributed by atoms with van der Waals surface area (Å²) < 4.78 is 53.6. The van der Waals surface area contributed by atoms with E-state index in [9.17, 15) is 12.8 Å². The Morgan fingerprint density at radius 2 is 2.14 bits per heavy atom. The number of nitrogens with zero attached hydrogens (tertiary/aromatic N) is 4. The van der Waals surface area contributed by atoms with Crippen LogP contribution < -0.4 is 4.74 Å². The van der Waals surface area contributed by atoms with E-state index in [1.54, 1.807) is 16.8 Å². The number of ether oxygens (including phenoxy) is 2. The zero-order valence-electron chi connectivity index (χ0n) is 16.2. The molecule has 2 heterocycles. The average Bonchev–Trinajstić information content (AvgIpc) is 3.03. The molecule has 0 N–H and O–H groups in total. The largest absolute Gasteiger partial charge is 0.493 e. The van der Waals surface area contributed by atoms with Crippen LogP contribution in [0.2, 0.25) is 0 Å². The standard InChI is InChI=1S/C18H25FN4O4S/c1-21(2)28(24,25)23-8-10-27-18(13-23)17-12-15(22(3)20-17)7-9-26-16-6-4-5-14(19)11-16/h4-6,11-12,18H,7-10,13H2,1-3H3. The molecule has 8 nitrogen and oxygen atoms in total. The van der Waals surface area contributed by atoms with E-state index in [0.717, 1.165) is 5.69 Å². The number of benzene rings is 1. The van der Waals surface area contributed by atoms with Gasteiger partial charge in [-0.2, -0.15) is 22.1 Å². The third-order valence-electron chi connectivity index (χ3n) is 4.57. The molecule has 0 spiro atoms. The van der Waals surface area contributed by atoms with Crippen LogP contribution in [0.4, 0.5) is 4.39 Å². The van der Waals surface area contributed by atoms with E-state index in [4.69, 9.17) is 9.47 Å². The molecule has 154 valence electrons. The maximum atomic E-state index is 13.2. The predicted octanol–water partition coefficient (Wildman–Crippen LogP) is 1.36. The smallest absolute Gasteiger partial charge is 0.281 e. The van der Waals surface area contributed by atoms with Gasteiger partial charge in [-0.1, -0.05) is 6.07 Å². The summed E-state index contributed by atoms with van der Waals surface area (Å²) in [6.07, 6.45) is 0.152. The number of hydrogen-bond acceptors (Lipinski definition) is 5. The Morgan fingerprint density at radius 3 is 2.86 bits per heavy atom. The van der Waals surface area contributed by atoms with Gasteiger partial charge in [0.05, 0.1) is 18.9 Å². The predicted molar refractivity (Wildman–Crippen MR) is 102 cm³/mol. The molecule has 1 aromatic carbocycles. The summed E-state index contributed by atoms with van der Waals surface area (Å²) >= 11 is 0. The van der Waals surface area contributed by atoms with Gasteiger partial charge < -0.3 is 9.47 Å². The molecule has 1 unspecified atom stereocenters. The Morgan fingerprint density at radius 1 is 1.36 bits per heavy atom. The van der Waals surface area contributed by atoms with E-state index in [0.29, 0.717) is 37.6 Å². The first kappa shape index (κ1) is 20.7. The number of aryl methyl sites for hydroxylation is 1. The summed E-state index contributed by atoms with van der Waals surface area (Å²) in [5.41, 5.74) is 1.60. The number of aromatic nitrogens is 2. The van der Waals surface area contributed by atoms with Crippen LogP contribution in [-0.4, -0.2) is 67.2 Å². The fraction of sp³-hybridized carbons (Fsp3) is 0.500. The van der Waals surface area contributed by atoms with Crippen LogP contribution in [0.15, 0.2) is 30.3 Å². The number of hydrogen-bond donors (Lipinski definition) is 0. The maximum Gasteiger partial charge on any atom is 0.281 e. The maximum absolute atomic E-state index is 13.2. The summed E-state index contributed by atoms with van der Waals surface area (Å²) in [5.74, 6) is 0.134. The lowest BCUT2D eigenvalue weighted by Gasteiger charge is -2.32. The molecule has 0 aliphatic carbocycles. The van der Waals surface area contributed by atoms with Gasteiger partial charge in [0.1, 0.15) is 17.7 Å². The molecule has 2 aromatic rings. The van der Waals surface area contributed by atoms with Crippen molar-refractivity contribution in [2.75, 3.05) is 40.4 Å². The van der Waals surface area contributed by atoms with Crippen molar-refractivity contribution in [3.05, 3.63) is 47.5 Å². The van der Waals surface area contributed by atoms with Gasteiger partial charge in [-0.3, -0.25) is 4.68 Å². The van der Waals surface area contributed by atoms with Gasteiger partial charge in [0.15, 0.2) is 0 Å². The van der Waals surface area contributed by atoms with Gasteiger partial charge >= 0.3 is 0 Å². The van der Waals surface area contributed by atoms with Crippen LogP contribution in [0.5, 0.6) is 5.75 Å². The number of morpholine rings is 1. The van der Waals surface area contributed by atoms with Crippen LogP contribution >= 0.6 is 0 Å². The molecule has 1 atom stereocenters. The van der Waals surface area contributed by atoms with Gasteiger partial charge in [-0.05, 0) is 18.2 Å². The monoisotopic (exact) mass is 412 g/mol. The Hall–Kier alpha value is -2.01. The fourth-order valence-electron chi connectivity index (χ4n) is 3.00. The van der Waals surface area contributed by atoms with Crippen LogP contribution in [0.3, 0.4) is 0 Å². The first-order valence-corrected chi connectivity index (χ1v) is 10.4. The Labute approximate surface area is 164 Å². The van der Waals surface area contributed by atoms with Gasteiger partial charge in [0.25, 0.3) is 10.2 Å². The fourth-order valence-corrected chi connectivity index (χ4v) is 4.09. The van der Waals surface area contributed by atoms with Crippen molar-refractivity contribution in [1.82, 2.24) is 18.4 Å². The van der Waals surface area contributed by atoms with Crippen molar-refractivity contribution in [3.63, 3.8) is 0 Å². The van der Waals surface area contributed by atoms with Crippen LogP contribution in [0, 0.1) is 5.82 Å². The molecule has 0 amide bonds. The first-order chi connectivity index (χ1) is 13.3. The van der Waals surface area contributed by atoms with Crippen LogP contribution in [-0.2, 0) is 28.4 Å². The summed E-state index contributed by atoms with van der Waals surface area (Å²) in [6, 6.07) is 7.90. The van der Waals surface area contributed by atoms with Gasteiger partial charge in [0, 0.05) is 52.4 Å². The summed E-state index contributed by atoms with van der Waals surface area (Å²) in [7, 11) is 1.35. The zero-order chi connectivity index (χ0) is 20.3. The van der Waals surface area contributed by atoms with Gasteiger partial charge in [0.2, 0.25) is 0 Å². The third-order valence-corrected chi connectivity index (χ3v) is 6.47.